The van der Waals surface area contributed by atoms with Crippen molar-refractivity contribution in [3.63, 3.8) is 0 Å². The molecule has 0 unspecified atom stereocenters. The van der Waals surface area contributed by atoms with Gasteiger partial charge in [-0.25, -0.2) is 4.39 Å². The summed E-state index contributed by atoms with van der Waals surface area (Å²) in [6.07, 6.45) is 6.40. The summed E-state index contributed by atoms with van der Waals surface area (Å²) in [5, 5.41) is 12.5. The van der Waals surface area contributed by atoms with Crippen molar-refractivity contribution in [2.45, 2.75) is 57.3 Å². The summed E-state index contributed by atoms with van der Waals surface area (Å²) in [7, 11) is 0. The van der Waals surface area contributed by atoms with Crippen molar-refractivity contribution >= 4 is 11.6 Å². The summed E-state index contributed by atoms with van der Waals surface area (Å²) in [6.45, 7) is 2.64. The number of anilines is 1. The van der Waals surface area contributed by atoms with Crippen LogP contribution in [0.25, 0.3) is 0 Å². The third-order valence-corrected chi connectivity index (χ3v) is 5.65. The van der Waals surface area contributed by atoms with E-state index in [1.165, 1.54) is 12.1 Å². The molecular weight excluding hydrogens is 367 g/mol. The van der Waals surface area contributed by atoms with Crippen LogP contribution in [0.2, 0.25) is 0 Å². The van der Waals surface area contributed by atoms with Crippen LogP contribution in [0.3, 0.4) is 0 Å². The second-order valence-corrected chi connectivity index (χ2v) is 7.63. The standard InChI is InChI=1S/C24H27FN2O2/c1-2-3-15-29-22-12-11-21(16-18(22)17-26)27-23(28)24(13-5-4-6-14-24)19-7-9-20(25)10-8-19/h7-12,16H,2-6,13-15H2,1H3,(H,27,28). The number of nitrogens with one attached hydrogen (secondary N) is 1. The first kappa shape index (κ1) is 20.9. The molecule has 0 bridgehead atoms. The Bertz CT molecular complexity index is 881. The first-order valence-corrected chi connectivity index (χ1v) is 10.3. The van der Waals surface area contributed by atoms with Crippen LogP contribution in [0.5, 0.6) is 5.75 Å². The van der Waals surface area contributed by atoms with E-state index in [1.807, 2.05) is 0 Å². The molecule has 0 aliphatic heterocycles. The second-order valence-electron chi connectivity index (χ2n) is 7.63. The third kappa shape index (κ3) is 4.76. The lowest BCUT2D eigenvalue weighted by atomic mass is 9.68. The van der Waals surface area contributed by atoms with E-state index in [0.717, 1.165) is 50.5 Å². The predicted octanol–water partition coefficient (Wildman–Crippen LogP) is 5.72. The molecule has 1 aliphatic rings. The Balaban J connectivity index is 1.83. The number of carbonyl (C=O) groups is 1. The topological polar surface area (TPSA) is 62.1 Å². The van der Waals surface area contributed by atoms with Crippen LogP contribution in [0, 0.1) is 17.1 Å². The van der Waals surface area contributed by atoms with E-state index >= 15 is 0 Å². The first-order valence-electron chi connectivity index (χ1n) is 10.3. The largest absolute Gasteiger partial charge is 0.492 e. The fraction of sp³-hybridized carbons (Fsp3) is 0.417. The average Bonchev–Trinajstić information content (AvgIpc) is 2.75. The molecule has 0 spiro atoms. The van der Waals surface area contributed by atoms with Gasteiger partial charge in [0, 0.05) is 5.69 Å². The fourth-order valence-electron chi connectivity index (χ4n) is 3.97. The Morgan fingerprint density at radius 3 is 2.55 bits per heavy atom. The van der Waals surface area contributed by atoms with Gasteiger partial charge in [-0.3, -0.25) is 4.79 Å². The molecule has 1 aliphatic carbocycles. The van der Waals surface area contributed by atoms with Gasteiger partial charge < -0.3 is 10.1 Å². The Morgan fingerprint density at radius 2 is 1.90 bits per heavy atom. The minimum absolute atomic E-state index is 0.104. The molecule has 4 nitrogen and oxygen atoms in total. The van der Waals surface area contributed by atoms with Crippen molar-refractivity contribution in [3.8, 4) is 11.8 Å². The van der Waals surface area contributed by atoms with Crippen molar-refractivity contribution in [1.82, 2.24) is 0 Å². The molecule has 2 aromatic rings. The van der Waals surface area contributed by atoms with E-state index < -0.39 is 5.41 Å². The summed E-state index contributed by atoms with van der Waals surface area (Å²) in [6, 6.07) is 13.5. The lowest BCUT2D eigenvalue weighted by molar-refractivity contribution is -0.122. The average molecular weight is 394 g/mol. The van der Waals surface area contributed by atoms with Crippen LogP contribution < -0.4 is 10.1 Å². The summed E-state index contributed by atoms with van der Waals surface area (Å²) in [4.78, 5) is 13.4. The highest BCUT2D eigenvalue weighted by Gasteiger charge is 2.41. The molecule has 0 atom stereocenters. The predicted molar refractivity (Wildman–Crippen MR) is 111 cm³/mol. The van der Waals surface area contributed by atoms with Gasteiger partial charge in [0.1, 0.15) is 17.6 Å². The van der Waals surface area contributed by atoms with E-state index in [4.69, 9.17) is 4.74 Å². The summed E-state index contributed by atoms with van der Waals surface area (Å²) < 4.78 is 19.1. The Hall–Kier alpha value is -2.87. The normalized spacial score (nSPS) is 15.3. The molecule has 0 aromatic heterocycles. The fourth-order valence-corrected chi connectivity index (χ4v) is 3.97. The van der Waals surface area contributed by atoms with Gasteiger partial charge in [-0.05, 0) is 55.2 Å². The lowest BCUT2D eigenvalue weighted by Crippen LogP contribution is -2.42. The number of amides is 1. The van der Waals surface area contributed by atoms with Crippen molar-refractivity contribution < 1.29 is 13.9 Å². The molecule has 0 radical (unpaired) electrons. The van der Waals surface area contributed by atoms with Gasteiger partial charge in [0.15, 0.2) is 0 Å². The maximum absolute atomic E-state index is 13.4. The number of benzene rings is 2. The molecule has 5 heteroatoms. The molecule has 1 amide bonds. The van der Waals surface area contributed by atoms with Gasteiger partial charge in [-0.2, -0.15) is 5.26 Å². The molecule has 1 saturated carbocycles. The zero-order valence-electron chi connectivity index (χ0n) is 16.8. The number of hydrogen-bond acceptors (Lipinski definition) is 3. The highest BCUT2D eigenvalue weighted by molar-refractivity contribution is 5.99. The molecule has 1 N–H and O–H groups in total. The number of hydrogen-bond donors (Lipinski definition) is 1. The van der Waals surface area contributed by atoms with E-state index in [9.17, 15) is 14.4 Å². The third-order valence-electron chi connectivity index (χ3n) is 5.65. The van der Waals surface area contributed by atoms with Gasteiger partial charge in [-0.1, -0.05) is 44.7 Å². The highest BCUT2D eigenvalue weighted by atomic mass is 19.1. The quantitative estimate of drug-likeness (QED) is 0.611. The van der Waals surface area contributed by atoms with E-state index in [2.05, 4.69) is 18.3 Å². The minimum Gasteiger partial charge on any atom is -0.492 e. The van der Waals surface area contributed by atoms with Gasteiger partial charge in [0.2, 0.25) is 5.91 Å². The zero-order valence-corrected chi connectivity index (χ0v) is 16.8. The lowest BCUT2D eigenvalue weighted by Gasteiger charge is -2.36. The van der Waals surface area contributed by atoms with Gasteiger partial charge >= 0.3 is 0 Å². The second kappa shape index (κ2) is 9.56. The summed E-state index contributed by atoms with van der Waals surface area (Å²) in [5.41, 5.74) is 1.14. The Kier molecular flexibility index (Phi) is 6.87. The monoisotopic (exact) mass is 394 g/mol. The number of ether oxygens (including phenoxy) is 1. The van der Waals surface area contributed by atoms with E-state index in [-0.39, 0.29) is 11.7 Å². The van der Waals surface area contributed by atoms with Crippen LogP contribution in [-0.2, 0) is 10.2 Å². The molecule has 29 heavy (non-hydrogen) atoms. The van der Waals surface area contributed by atoms with Crippen molar-refractivity contribution in [2.24, 2.45) is 0 Å². The number of rotatable bonds is 7. The maximum Gasteiger partial charge on any atom is 0.235 e. The number of halogens is 1. The minimum atomic E-state index is -0.672. The van der Waals surface area contributed by atoms with Gasteiger partial charge in [-0.15, -0.1) is 0 Å². The van der Waals surface area contributed by atoms with Gasteiger partial charge in [0.25, 0.3) is 0 Å². The smallest absolute Gasteiger partial charge is 0.235 e. The first-order chi connectivity index (χ1) is 14.1. The SMILES string of the molecule is CCCCOc1ccc(NC(=O)C2(c3ccc(F)cc3)CCCCC2)cc1C#N. The van der Waals surface area contributed by atoms with Crippen molar-refractivity contribution in [3.05, 3.63) is 59.4 Å². The summed E-state index contributed by atoms with van der Waals surface area (Å²) in [5.74, 6) is 0.120. The molecule has 2 aromatic carbocycles. The number of nitriles is 1. The molecule has 3 rings (SSSR count). The van der Waals surface area contributed by atoms with Crippen LogP contribution in [0.4, 0.5) is 10.1 Å². The van der Waals surface area contributed by atoms with Crippen LogP contribution in [0.1, 0.15) is 63.0 Å². The number of carbonyl (C=O) groups excluding carboxylic acids is 1. The molecule has 0 heterocycles. The zero-order chi connectivity index (χ0) is 20.7. The van der Waals surface area contributed by atoms with Gasteiger partial charge in [0.05, 0.1) is 17.6 Å². The van der Waals surface area contributed by atoms with Crippen LogP contribution in [0.15, 0.2) is 42.5 Å². The maximum atomic E-state index is 13.4. The Morgan fingerprint density at radius 1 is 1.17 bits per heavy atom. The van der Waals surface area contributed by atoms with E-state index in [1.54, 1.807) is 30.3 Å². The van der Waals surface area contributed by atoms with E-state index in [0.29, 0.717) is 23.6 Å². The molecule has 1 fully saturated rings. The Labute approximate surface area is 171 Å². The summed E-state index contributed by atoms with van der Waals surface area (Å²) >= 11 is 0. The number of nitrogens with zero attached hydrogens (tertiary/aromatic N) is 1. The van der Waals surface area contributed by atoms with Crippen LogP contribution in [-0.4, -0.2) is 12.5 Å². The van der Waals surface area contributed by atoms with Crippen LogP contribution >= 0.6 is 0 Å². The molecule has 0 saturated heterocycles. The van der Waals surface area contributed by atoms with Crippen molar-refractivity contribution in [1.29, 1.82) is 5.26 Å². The molecule has 152 valence electrons. The molecular formula is C24H27FN2O2. The highest BCUT2D eigenvalue weighted by Crippen LogP contribution is 2.40. The number of unbranched alkanes of at least 4 members (excludes halogenated alkanes) is 1. The van der Waals surface area contributed by atoms with Crippen molar-refractivity contribution in [2.75, 3.05) is 11.9 Å².